The second-order valence-electron chi connectivity index (χ2n) is 6.12. The van der Waals surface area contributed by atoms with Gasteiger partial charge >= 0.3 is 0 Å². The SMILES string of the molecule is CN=C(NCC(C)(C)SC)N1CCN(C(=O)c2ccco2)CC1.I. The van der Waals surface area contributed by atoms with E-state index in [9.17, 15) is 4.79 Å². The Kier molecular flexibility index (Phi) is 8.41. The minimum atomic E-state index is -0.0406. The fraction of sp³-hybridized carbons (Fsp3) is 0.625. The third-order valence-corrected chi connectivity index (χ3v) is 5.28. The number of guanidine groups is 1. The molecule has 0 radical (unpaired) electrons. The van der Waals surface area contributed by atoms with Crippen LogP contribution in [0.3, 0.4) is 0 Å². The lowest BCUT2D eigenvalue weighted by atomic mass is 10.2. The molecule has 1 aliphatic rings. The Morgan fingerprint density at radius 2 is 1.96 bits per heavy atom. The summed E-state index contributed by atoms with van der Waals surface area (Å²) in [5.41, 5.74) is 0. The monoisotopic (exact) mass is 466 g/mol. The van der Waals surface area contributed by atoms with Crippen LogP contribution in [0.25, 0.3) is 0 Å². The predicted molar refractivity (Wildman–Crippen MR) is 111 cm³/mol. The fourth-order valence-corrected chi connectivity index (χ4v) is 2.59. The van der Waals surface area contributed by atoms with Crippen LogP contribution in [0.2, 0.25) is 0 Å². The second-order valence-corrected chi connectivity index (χ2v) is 7.63. The van der Waals surface area contributed by atoms with Gasteiger partial charge in [0.2, 0.25) is 0 Å². The Labute approximate surface area is 165 Å². The first-order valence-electron chi connectivity index (χ1n) is 7.80. The number of furan rings is 1. The standard InChI is InChI=1S/C16H26N4O2S.HI/c1-16(2,23-4)12-18-15(17-3)20-9-7-19(8-10-20)14(21)13-6-5-11-22-13;/h5-6,11H,7-10,12H2,1-4H3,(H,17,18);1H. The number of nitrogens with one attached hydrogen (secondary N) is 1. The van der Waals surface area contributed by atoms with E-state index >= 15 is 0 Å². The predicted octanol–water partition coefficient (Wildman–Crippen LogP) is 2.37. The molecule has 8 heteroatoms. The lowest BCUT2D eigenvalue weighted by Gasteiger charge is -2.37. The molecule has 0 saturated carbocycles. The molecular formula is C16H27IN4O2S. The van der Waals surface area contributed by atoms with Gasteiger partial charge in [-0.05, 0) is 32.2 Å². The molecule has 0 aliphatic carbocycles. The van der Waals surface area contributed by atoms with Crippen LogP contribution in [0.1, 0.15) is 24.4 Å². The van der Waals surface area contributed by atoms with Crippen LogP contribution >= 0.6 is 35.7 Å². The van der Waals surface area contributed by atoms with Gasteiger partial charge in [0.25, 0.3) is 5.91 Å². The maximum absolute atomic E-state index is 12.3. The first kappa shape index (κ1) is 21.1. The number of hydrogen-bond acceptors (Lipinski definition) is 4. The van der Waals surface area contributed by atoms with Gasteiger partial charge < -0.3 is 19.5 Å². The zero-order chi connectivity index (χ0) is 16.9. The lowest BCUT2D eigenvalue weighted by Crippen LogP contribution is -2.54. The van der Waals surface area contributed by atoms with Crippen LogP contribution in [0, 0.1) is 0 Å². The van der Waals surface area contributed by atoms with Crippen LogP contribution in [-0.2, 0) is 0 Å². The van der Waals surface area contributed by atoms with Gasteiger partial charge in [-0.15, -0.1) is 24.0 Å². The highest BCUT2D eigenvalue weighted by molar-refractivity contribution is 14.0. The minimum Gasteiger partial charge on any atom is -0.459 e. The summed E-state index contributed by atoms with van der Waals surface area (Å²) >= 11 is 1.83. The second kappa shape index (κ2) is 9.55. The number of carbonyl (C=O) groups excluding carboxylic acids is 1. The summed E-state index contributed by atoms with van der Waals surface area (Å²) in [6, 6.07) is 3.45. The Hall–Kier alpha value is -0.900. The number of carbonyl (C=O) groups is 1. The maximum Gasteiger partial charge on any atom is 0.289 e. The van der Waals surface area contributed by atoms with Gasteiger partial charge in [0.15, 0.2) is 11.7 Å². The minimum absolute atomic E-state index is 0. The highest BCUT2D eigenvalue weighted by Gasteiger charge is 2.26. The molecule has 0 atom stereocenters. The van der Waals surface area contributed by atoms with Crippen molar-refractivity contribution in [3.63, 3.8) is 0 Å². The highest BCUT2D eigenvalue weighted by atomic mass is 127. The Morgan fingerprint density at radius 1 is 1.33 bits per heavy atom. The summed E-state index contributed by atoms with van der Waals surface area (Å²) in [5, 5.41) is 3.44. The number of aliphatic imine (C=N–C) groups is 1. The molecule has 6 nitrogen and oxygen atoms in total. The summed E-state index contributed by atoms with van der Waals surface area (Å²) < 4.78 is 5.35. The van der Waals surface area contributed by atoms with Crippen molar-refractivity contribution in [2.75, 3.05) is 46.0 Å². The van der Waals surface area contributed by atoms with Gasteiger partial charge in [-0.1, -0.05) is 0 Å². The molecule has 1 aromatic rings. The van der Waals surface area contributed by atoms with Gasteiger partial charge in [0, 0.05) is 44.5 Å². The number of thioether (sulfide) groups is 1. The van der Waals surface area contributed by atoms with E-state index in [4.69, 9.17) is 4.42 Å². The van der Waals surface area contributed by atoms with E-state index in [1.54, 1.807) is 19.2 Å². The molecule has 136 valence electrons. The van der Waals surface area contributed by atoms with Crippen molar-refractivity contribution >= 4 is 47.6 Å². The summed E-state index contributed by atoms with van der Waals surface area (Å²) in [6.07, 6.45) is 3.65. The number of piperazine rings is 1. The molecule has 1 N–H and O–H groups in total. The molecule has 0 bridgehead atoms. The van der Waals surface area contributed by atoms with Crippen LogP contribution in [0.15, 0.2) is 27.8 Å². The van der Waals surface area contributed by atoms with E-state index in [0.717, 1.165) is 25.6 Å². The third-order valence-electron chi connectivity index (χ3n) is 4.03. The number of amides is 1. The third kappa shape index (κ3) is 5.58. The van der Waals surface area contributed by atoms with E-state index < -0.39 is 0 Å². The smallest absolute Gasteiger partial charge is 0.289 e. The normalized spacial score (nSPS) is 15.9. The average molecular weight is 466 g/mol. The quantitative estimate of drug-likeness (QED) is 0.420. The van der Waals surface area contributed by atoms with Crippen LogP contribution in [0.5, 0.6) is 0 Å². The van der Waals surface area contributed by atoms with Gasteiger partial charge in [-0.2, -0.15) is 11.8 Å². The van der Waals surface area contributed by atoms with E-state index in [0.29, 0.717) is 18.8 Å². The molecular weight excluding hydrogens is 439 g/mol. The Morgan fingerprint density at radius 3 is 2.46 bits per heavy atom. The number of hydrogen-bond donors (Lipinski definition) is 1. The topological polar surface area (TPSA) is 61.1 Å². The average Bonchev–Trinajstić information content (AvgIpc) is 3.10. The molecule has 0 aromatic carbocycles. The van der Waals surface area contributed by atoms with Crippen LogP contribution in [0.4, 0.5) is 0 Å². The van der Waals surface area contributed by atoms with Crippen molar-refractivity contribution < 1.29 is 9.21 Å². The maximum atomic E-state index is 12.3. The van der Waals surface area contributed by atoms with Gasteiger partial charge in [0.05, 0.1) is 6.26 Å². The molecule has 0 unspecified atom stereocenters. The van der Waals surface area contributed by atoms with Crippen molar-refractivity contribution in [1.82, 2.24) is 15.1 Å². The lowest BCUT2D eigenvalue weighted by molar-refractivity contribution is 0.0657. The summed E-state index contributed by atoms with van der Waals surface area (Å²) in [5.74, 6) is 1.26. The van der Waals surface area contributed by atoms with Crippen molar-refractivity contribution in [1.29, 1.82) is 0 Å². The number of rotatable bonds is 4. The highest BCUT2D eigenvalue weighted by Crippen LogP contribution is 2.19. The van der Waals surface area contributed by atoms with Crippen molar-refractivity contribution in [3.05, 3.63) is 24.2 Å². The Bertz CT molecular complexity index is 540. The van der Waals surface area contributed by atoms with Crippen molar-refractivity contribution in [3.8, 4) is 0 Å². The molecule has 0 spiro atoms. The molecule has 1 saturated heterocycles. The molecule has 2 rings (SSSR count). The van der Waals surface area contributed by atoms with Crippen LogP contribution in [-0.4, -0.2) is 72.4 Å². The molecule has 1 fully saturated rings. The van der Waals surface area contributed by atoms with Crippen LogP contribution < -0.4 is 5.32 Å². The van der Waals surface area contributed by atoms with E-state index in [2.05, 4.69) is 35.3 Å². The summed E-state index contributed by atoms with van der Waals surface area (Å²) in [6.45, 7) is 8.15. The van der Waals surface area contributed by atoms with E-state index in [1.165, 1.54) is 6.26 Å². The molecule has 2 heterocycles. The van der Waals surface area contributed by atoms with Gasteiger partial charge in [-0.3, -0.25) is 9.79 Å². The van der Waals surface area contributed by atoms with Gasteiger partial charge in [0.1, 0.15) is 0 Å². The molecule has 1 amide bonds. The number of nitrogens with zero attached hydrogens (tertiary/aromatic N) is 3. The zero-order valence-electron chi connectivity index (χ0n) is 14.7. The zero-order valence-corrected chi connectivity index (χ0v) is 17.9. The summed E-state index contributed by atoms with van der Waals surface area (Å²) in [7, 11) is 1.80. The van der Waals surface area contributed by atoms with E-state index in [1.807, 2.05) is 16.7 Å². The first-order valence-corrected chi connectivity index (χ1v) is 9.03. The molecule has 24 heavy (non-hydrogen) atoms. The van der Waals surface area contributed by atoms with Crippen molar-refractivity contribution in [2.45, 2.75) is 18.6 Å². The summed E-state index contributed by atoms with van der Waals surface area (Å²) in [4.78, 5) is 20.7. The largest absolute Gasteiger partial charge is 0.459 e. The van der Waals surface area contributed by atoms with Gasteiger partial charge in [-0.25, -0.2) is 0 Å². The molecule has 1 aliphatic heterocycles. The first-order chi connectivity index (χ1) is 11.0. The fourth-order valence-electron chi connectivity index (χ4n) is 2.37. The number of halogens is 1. The van der Waals surface area contributed by atoms with Crippen molar-refractivity contribution in [2.24, 2.45) is 4.99 Å². The molecule has 1 aromatic heterocycles. The van der Waals surface area contributed by atoms with E-state index in [-0.39, 0.29) is 34.6 Å². The Balaban J connectivity index is 0.00000288.